The number of anilines is 1. The average Bonchev–Trinajstić information content (AvgIpc) is 2.77. The number of rotatable bonds is 7. The third-order valence-corrected chi connectivity index (χ3v) is 4.53. The van der Waals surface area contributed by atoms with Crippen molar-refractivity contribution in [2.75, 3.05) is 31.7 Å². The van der Waals surface area contributed by atoms with Crippen LogP contribution in [0.2, 0.25) is 0 Å². The second kappa shape index (κ2) is 10.6. The monoisotopic (exact) mass is 428 g/mol. The first kappa shape index (κ1) is 22.3. The molecule has 0 spiro atoms. The Bertz CT molecular complexity index is 994. The Balaban J connectivity index is 1.79. The molecule has 1 N–H and O–H groups in total. The zero-order chi connectivity index (χ0) is 22.2. The van der Waals surface area contributed by atoms with Crippen molar-refractivity contribution in [3.8, 4) is 11.1 Å². The van der Waals surface area contributed by atoms with Gasteiger partial charge in [-0.3, -0.25) is 14.7 Å². The smallest absolute Gasteiger partial charge is 0.332 e. The van der Waals surface area contributed by atoms with Gasteiger partial charge >= 0.3 is 6.04 Å². The lowest BCUT2D eigenvalue weighted by Crippen LogP contribution is -2.41. The Morgan fingerprint density at radius 2 is 2.13 bits per heavy atom. The van der Waals surface area contributed by atoms with Crippen LogP contribution in [0.3, 0.4) is 0 Å². The largest absolute Gasteiger partial charge is 0.376 e. The number of nitrogens with one attached hydrogen (secondary N) is 1. The molecule has 1 aromatic heterocycles. The first-order valence-electron chi connectivity index (χ1n) is 9.56. The molecule has 1 atom stereocenters. The van der Waals surface area contributed by atoms with Crippen molar-refractivity contribution >= 4 is 24.4 Å². The highest BCUT2D eigenvalue weighted by Gasteiger charge is 2.17. The summed E-state index contributed by atoms with van der Waals surface area (Å²) >= 11 is 0. The number of amidine groups is 1. The van der Waals surface area contributed by atoms with E-state index in [0.717, 1.165) is 6.20 Å². The Morgan fingerprint density at radius 3 is 2.81 bits per heavy atom. The number of benzene rings is 1. The molecule has 1 saturated heterocycles. The molecule has 1 unspecified atom stereocenters. The first-order valence-corrected chi connectivity index (χ1v) is 9.56. The Hall–Kier alpha value is -3.37. The molecule has 10 heteroatoms. The average molecular weight is 428 g/mol. The Labute approximate surface area is 178 Å². The van der Waals surface area contributed by atoms with Crippen LogP contribution in [0.25, 0.3) is 11.1 Å². The van der Waals surface area contributed by atoms with Crippen molar-refractivity contribution in [2.24, 2.45) is 9.98 Å². The van der Waals surface area contributed by atoms with Crippen LogP contribution in [-0.4, -0.2) is 66.2 Å². The van der Waals surface area contributed by atoms with E-state index >= 15 is 0 Å². The van der Waals surface area contributed by atoms with Crippen molar-refractivity contribution < 1.29 is 18.3 Å². The van der Waals surface area contributed by atoms with Crippen LogP contribution in [0.4, 0.5) is 14.6 Å². The summed E-state index contributed by atoms with van der Waals surface area (Å²) in [5, 5.41) is 10.7. The van der Waals surface area contributed by atoms with E-state index in [1.54, 1.807) is 18.2 Å². The Morgan fingerprint density at radius 1 is 1.35 bits per heavy atom. The number of ether oxygens (including phenoxy) is 1. The van der Waals surface area contributed by atoms with Crippen molar-refractivity contribution in [3.05, 3.63) is 54.1 Å². The van der Waals surface area contributed by atoms with E-state index in [9.17, 15) is 13.6 Å². The molecule has 0 amide bonds. The third-order valence-electron chi connectivity index (χ3n) is 4.53. The van der Waals surface area contributed by atoms with Gasteiger partial charge in [0.15, 0.2) is 17.5 Å². The molecule has 0 bridgehead atoms. The number of carbonyl (C=O) groups excluding carboxylic acids is 1. The van der Waals surface area contributed by atoms with E-state index in [2.05, 4.69) is 32.2 Å². The predicted octanol–water partition coefficient (Wildman–Crippen LogP) is 3.25. The highest BCUT2D eigenvalue weighted by atomic mass is 19.1. The maximum atomic E-state index is 14.5. The van der Waals surface area contributed by atoms with Gasteiger partial charge < -0.3 is 10.1 Å². The maximum absolute atomic E-state index is 14.5. The van der Waals surface area contributed by atoms with Crippen LogP contribution >= 0.6 is 0 Å². The number of hydrogen-bond acceptors (Lipinski definition) is 7. The minimum absolute atomic E-state index is 0.0416. The summed E-state index contributed by atoms with van der Waals surface area (Å²) in [4.78, 5) is 20.6. The third kappa shape index (κ3) is 6.30. The molecule has 2 heterocycles. The van der Waals surface area contributed by atoms with Gasteiger partial charge in [0.05, 0.1) is 37.3 Å². The summed E-state index contributed by atoms with van der Waals surface area (Å²) in [7, 11) is 0. The highest BCUT2D eigenvalue weighted by molar-refractivity contribution is 6.06. The van der Waals surface area contributed by atoms with Crippen LogP contribution in [-0.2, 0) is 4.74 Å². The van der Waals surface area contributed by atoms with Gasteiger partial charge in [-0.2, -0.15) is 9.49 Å². The first-order chi connectivity index (χ1) is 15.0. The van der Waals surface area contributed by atoms with Crippen molar-refractivity contribution in [1.82, 2.24) is 15.1 Å². The second-order valence-corrected chi connectivity index (χ2v) is 6.87. The summed E-state index contributed by atoms with van der Waals surface area (Å²) in [5.74, 6) is -0.504. The number of morpholine rings is 1. The van der Waals surface area contributed by atoms with Gasteiger partial charge in [-0.25, -0.2) is 9.38 Å². The van der Waals surface area contributed by atoms with E-state index < -0.39 is 11.9 Å². The summed E-state index contributed by atoms with van der Waals surface area (Å²) in [5.41, 5.74) is 1.29. The maximum Gasteiger partial charge on any atom is 0.332 e. The van der Waals surface area contributed by atoms with E-state index in [1.165, 1.54) is 18.3 Å². The van der Waals surface area contributed by atoms with E-state index in [0.29, 0.717) is 30.8 Å². The number of halogens is 2. The molecule has 1 fully saturated rings. The lowest BCUT2D eigenvalue weighted by molar-refractivity contribution is -0.0170. The SMILES string of the molecule is C=N/C=C(F)\C(=N/CN1CCOC(C)C1)Nc1cc(-c2ccc(C(=O)F)cc2)cnn1. The highest BCUT2D eigenvalue weighted by Crippen LogP contribution is 2.21. The minimum Gasteiger partial charge on any atom is -0.376 e. The van der Waals surface area contributed by atoms with Gasteiger partial charge in [-0.1, -0.05) is 12.1 Å². The van der Waals surface area contributed by atoms with E-state index in [4.69, 9.17) is 4.74 Å². The predicted molar refractivity (Wildman–Crippen MR) is 115 cm³/mol. The molecule has 3 rings (SSSR count). The summed E-state index contributed by atoms with van der Waals surface area (Å²) in [6, 6.07) is 6.06. The Kier molecular flexibility index (Phi) is 7.63. The number of hydrogen-bond donors (Lipinski definition) is 1. The molecule has 162 valence electrons. The van der Waals surface area contributed by atoms with Gasteiger partial charge in [0.2, 0.25) is 0 Å². The molecule has 0 saturated carbocycles. The summed E-state index contributed by atoms with van der Waals surface area (Å²) in [6.45, 7) is 7.47. The van der Waals surface area contributed by atoms with Gasteiger partial charge in [-0.15, -0.1) is 5.10 Å². The van der Waals surface area contributed by atoms with Crippen LogP contribution in [0, 0.1) is 0 Å². The molecule has 1 aromatic carbocycles. The topological polar surface area (TPSA) is 92.1 Å². The van der Waals surface area contributed by atoms with Crippen molar-refractivity contribution in [2.45, 2.75) is 13.0 Å². The molecule has 31 heavy (non-hydrogen) atoms. The number of nitrogens with zero attached hydrogens (tertiary/aromatic N) is 5. The van der Waals surface area contributed by atoms with Gasteiger partial charge in [-0.05, 0) is 37.4 Å². The molecule has 1 aliphatic rings. The fourth-order valence-corrected chi connectivity index (χ4v) is 3.01. The quantitative estimate of drug-likeness (QED) is 0.414. The molecular weight excluding hydrogens is 406 g/mol. The van der Waals surface area contributed by atoms with Gasteiger partial charge in [0.1, 0.15) is 0 Å². The molecule has 0 radical (unpaired) electrons. The zero-order valence-electron chi connectivity index (χ0n) is 17.0. The van der Waals surface area contributed by atoms with Crippen LogP contribution < -0.4 is 5.32 Å². The van der Waals surface area contributed by atoms with Crippen molar-refractivity contribution in [3.63, 3.8) is 0 Å². The van der Waals surface area contributed by atoms with E-state index in [-0.39, 0.29) is 30.0 Å². The minimum atomic E-state index is -1.50. The zero-order valence-corrected chi connectivity index (χ0v) is 17.0. The molecule has 8 nitrogen and oxygen atoms in total. The van der Waals surface area contributed by atoms with Crippen LogP contribution in [0.5, 0.6) is 0 Å². The molecule has 0 aliphatic carbocycles. The van der Waals surface area contributed by atoms with Gasteiger partial charge in [0.25, 0.3) is 0 Å². The van der Waals surface area contributed by atoms with Crippen LogP contribution in [0.15, 0.2) is 58.5 Å². The molecule has 2 aromatic rings. The lowest BCUT2D eigenvalue weighted by Gasteiger charge is -2.29. The number of aromatic nitrogens is 2. The lowest BCUT2D eigenvalue weighted by atomic mass is 10.1. The normalized spacial score (nSPS) is 18.0. The fraction of sp³-hybridized carbons (Fsp3) is 0.286. The second-order valence-electron chi connectivity index (χ2n) is 6.87. The number of carbonyl (C=O) groups is 1. The number of aliphatic imine (C=N–C) groups is 2. The molecular formula is C21H22F2N6O2. The standard InChI is InChI=1S/C21H22F2N6O2/c1-14-12-29(7-8-31-14)13-25-21(18(22)11-24-2)27-19-9-17(10-26-28-19)15-3-5-16(6-4-15)20(23)30/h3-6,9-11,14H,2,7-8,12-13H2,1H3,(H,25,27,28)/b18-11+. The van der Waals surface area contributed by atoms with E-state index in [1.807, 2.05) is 11.8 Å². The fourth-order valence-electron chi connectivity index (χ4n) is 3.01. The van der Waals surface area contributed by atoms with Crippen molar-refractivity contribution in [1.29, 1.82) is 0 Å². The van der Waals surface area contributed by atoms with Crippen LogP contribution in [0.1, 0.15) is 17.3 Å². The summed E-state index contributed by atoms with van der Waals surface area (Å²) in [6.07, 6.45) is 2.54. The molecule has 1 aliphatic heterocycles. The summed E-state index contributed by atoms with van der Waals surface area (Å²) < 4.78 is 32.8. The van der Waals surface area contributed by atoms with Gasteiger partial charge in [0, 0.05) is 18.7 Å².